The fraction of sp³-hybridized carbons (Fsp3) is 0.300. The molecule has 0 fully saturated rings. The van der Waals surface area contributed by atoms with Gasteiger partial charge in [0.25, 0.3) is 0 Å². The number of allylic oxidation sites excluding steroid dienone is 1. The Morgan fingerprint density at radius 1 is 1.40 bits per heavy atom. The Hall–Kier alpha value is -1.91. The van der Waals surface area contributed by atoms with Crippen molar-refractivity contribution in [1.29, 1.82) is 0 Å². The van der Waals surface area contributed by atoms with Crippen LogP contribution in [0.25, 0.3) is 0 Å². The van der Waals surface area contributed by atoms with Crippen LogP contribution in [0.2, 0.25) is 0 Å². The van der Waals surface area contributed by atoms with Crippen LogP contribution < -0.4 is 0 Å². The normalized spacial score (nSPS) is 9.93. The first kappa shape index (κ1) is 13.1. The molecule has 0 aromatic rings. The molecule has 0 aliphatic heterocycles. The number of carboxylic acids is 1. The van der Waals surface area contributed by atoms with Gasteiger partial charge < -0.3 is 9.84 Å². The van der Waals surface area contributed by atoms with Crippen molar-refractivity contribution in [3.8, 4) is 0 Å². The van der Waals surface area contributed by atoms with E-state index < -0.39 is 17.9 Å². The molecule has 0 saturated heterocycles. The van der Waals surface area contributed by atoms with Gasteiger partial charge in [-0.1, -0.05) is 12.7 Å². The minimum Gasteiger partial charge on any atom is -0.478 e. The average molecular weight is 212 g/mol. The highest BCUT2D eigenvalue weighted by molar-refractivity contribution is 5.95. The second-order valence-electron chi connectivity index (χ2n) is 2.82. The summed E-state index contributed by atoms with van der Waals surface area (Å²) in [6.45, 7) is 4.74. The molecule has 0 aliphatic carbocycles. The molecule has 5 nitrogen and oxygen atoms in total. The number of carbonyl (C=O) groups is 3. The van der Waals surface area contributed by atoms with Crippen molar-refractivity contribution in [2.24, 2.45) is 0 Å². The van der Waals surface area contributed by atoms with E-state index in [0.29, 0.717) is 0 Å². The van der Waals surface area contributed by atoms with Crippen molar-refractivity contribution in [1.82, 2.24) is 0 Å². The number of ether oxygens (including phenoxy) is 1. The zero-order valence-electron chi connectivity index (χ0n) is 8.36. The maximum Gasteiger partial charge on any atom is 0.340 e. The standard InChI is InChI=1S/C10H12O5/c1-7(2)10(14)15-9(13)6-4-3-5-8(11)12/h3,5H,1,4,6H2,2H3,(H,11,12). The number of carbonyl (C=O) groups excluding carboxylic acids is 2. The van der Waals surface area contributed by atoms with Crippen molar-refractivity contribution in [3.63, 3.8) is 0 Å². The van der Waals surface area contributed by atoms with E-state index in [9.17, 15) is 14.4 Å². The molecule has 15 heavy (non-hydrogen) atoms. The van der Waals surface area contributed by atoms with Gasteiger partial charge in [-0.3, -0.25) is 4.79 Å². The first-order chi connectivity index (χ1) is 6.93. The van der Waals surface area contributed by atoms with Crippen LogP contribution in [0.15, 0.2) is 24.3 Å². The highest BCUT2D eigenvalue weighted by atomic mass is 16.6. The van der Waals surface area contributed by atoms with E-state index in [1.54, 1.807) is 0 Å². The lowest BCUT2D eigenvalue weighted by atomic mass is 10.3. The lowest BCUT2D eigenvalue weighted by molar-refractivity contribution is -0.156. The van der Waals surface area contributed by atoms with E-state index >= 15 is 0 Å². The van der Waals surface area contributed by atoms with Gasteiger partial charge in [0.05, 0.1) is 0 Å². The Balaban J connectivity index is 3.81. The summed E-state index contributed by atoms with van der Waals surface area (Å²) in [7, 11) is 0. The van der Waals surface area contributed by atoms with Gasteiger partial charge in [0.15, 0.2) is 0 Å². The van der Waals surface area contributed by atoms with Crippen LogP contribution >= 0.6 is 0 Å². The first-order valence-corrected chi connectivity index (χ1v) is 4.23. The lowest BCUT2D eigenvalue weighted by Crippen LogP contribution is -2.12. The van der Waals surface area contributed by atoms with Gasteiger partial charge >= 0.3 is 17.9 Å². The summed E-state index contributed by atoms with van der Waals surface area (Å²) in [5.41, 5.74) is 0.143. The zero-order chi connectivity index (χ0) is 11.8. The molecule has 1 N–H and O–H groups in total. The lowest BCUT2D eigenvalue weighted by Gasteiger charge is -1.99. The Labute approximate surface area is 87.0 Å². The van der Waals surface area contributed by atoms with Crippen molar-refractivity contribution in [2.45, 2.75) is 19.8 Å². The van der Waals surface area contributed by atoms with E-state index in [1.165, 1.54) is 13.0 Å². The number of esters is 2. The van der Waals surface area contributed by atoms with Crippen molar-refractivity contribution in [2.75, 3.05) is 0 Å². The van der Waals surface area contributed by atoms with Gasteiger partial charge in [0.1, 0.15) is 0 Å². The summed E-state index contributed by atoms with van der Waals surface area (Å²) in [5, 5.41) is 8.23. The molecule has 0 atom stereocenters. The summed E-state index contributed by atoms with van der Waals surface area (Å²) in [4.78, 5) is 31.8. The second-order valence-corrected chi connectivity index (χ2v) is 2.82. The monoisotopic (exact) mass is 212 g/mol. The predicted molar refractivity (Wildman–Crippen MR) is 51.9 cm³/mol. The van der Waals surface area contributed by atoms with E-state index in [4.69, 9.17) is 5.11 Å². The first-order valence-electron chi connectivity index (χ1n) is 4.23. The number of carboxylic acid groups (broad SMARTS) is 1. The number of hydrogen-bond acceptors (Lipinski definition) is 4. The van der Waals surface area contributed by atoms with Crippen molar-refractivity contribution >= 4 is 17.9 Å². The summed E-state index contributed by atoms with van der Waals surface area (Å²) in [6.07, 6.45) is 2.42. The number of hydrogen-bond donors (Lipinski definition) is 1. The molecular formula is C10H12O5. The SMILES string of the molecule is C=C(C)C(=O)OC(=O)CCC=CC(=O)O. The average Bonchev–Trinajstić information content (AvgIpc) is 2.12. The van der Waals surface area contributed by atoms with Gasteiger partial charge in [0, 0.05) is 18.1 Å². The Morgan fingerprint density at radius 3 is 2.47 bits per heavy atom. The molecular weight excluding hydrogens is 200 g/mol. The zero-order valence-corrected chi connectivity index (χ0v) is 8.36. The minimum atomic E-state index is -1.08. The molecule has 82 valence electrons. The molecule has 0 amide bonds. The Kier molecular flexibility index (Phi) is 5.70. The van der Waals surface area contributed by atoms with Crippen molar-refractivity contribution < 1.29 is 24.2 Å². The third-order valence-electron chi connectivity index (χ3n) is 1.33. The van der Waals surface area contributed by atoms with Crippen molar-refractivity contribution in [3.05, 3.63) is 24.3 Å². The predicted octanol–water partition coefficient (Wildman–Crippen LogP) is 1.05. The van der Waals surface area contributed by atoms with Crippen LogP contribution in [-0.4, -0.2) is 23.0 Å². The molecule has 0 aromatic carbocycles. The highest BCUT2D eigenvalue weighted by Crippen LogP contribution is 1.98. The van der Waals surface area contributed by atoms with E-state index in [-0.39, 0.29) is 18.4 Å². The molecule has 0 heterocycles. The van der Waals surface area contributed by atoms with Gasteiger partial charge in [-0.2, -0.15) is 0 Å². The summed E-state index contributed by atoms with van der Waals surface area (Å²) < 4.78 is 4.36. The second kappa shape index (κ2) is 6.53. The quantitative estimate of drug-likeness (QED) is 0.418. The minimum absolute atomic E-state index is 0.0389. The van der Waals surface area contributed by atoms with E-state index in [1.807, 2.05) is 0 Å². The van der Waals surface area contributed by atoms with Gasteiger partial charge in [-0.15, -0.1) is 0 Å². The maximum absolute atomic E-state index is 10.9. The Bertz CT molecular complexity index is 314. The molecule has 0 unspecified atom stereocenters. The van der Waals surface area contributed by atoms with Crippen LogP contribution in [0.4, 0.5) is 0 Å². The molecule has 0 aliphatic rings. The van der Waals surface area contributed by atoms with Crippen LogP contribution in [0, 0.1) is 0 Å². The van der Waals surface area contributed by atoms with Crippen LogP contribution in [0.1, 0.15) is 19.8 Å². The molecule has 0 radical (unpaired) electrons. The van der Waals surface area contributed by atoms with Gasteiger partial charge in [-0.25, -0.2) is 9.59 Å². The van der Waals surface area contributed by atoms with E-state index in [2.05, 4.69) is 11.3 Å². The molecule has 0 bridgehead atoms. The van der Waals surface area contributed by atoms with Crippen LogP contribution in [0.3, 0.4) is 0 Å². The third kappa shape index (κ3) is 7.18. The molecule has 0 aromatic heterocycles. The van der Waals surface area contributed by atoms with Crippen LogP contribution in [0.5, 0.6) is 0 Å². The van der Waals surface area contributed by atoms with Gasteiger partial charge in [0.2, 0.25) is 0 Å². The molecule has 5 heteroatoms. The van der Waals surface area contributed by atoms with E-state index in [0.717, 1.165) is 6.08 Å². The van der Waals surface area contributed by atoms with Gasteiger partial charge in [-0.05, 0) is 13.3 Å². The molecule has 0 rings (SSSR count). The summed E-state index contributed by atoms with van der Waals surface area (Å²) in [6, 6.07) is 0. The van der Waals surface area contributed by atoms with Crippen LogP contribution in [-0.2, 0) is 19.1 Å². The fourth-order valence-electron chi connectivity index (χ4n) is 0.627. The summed E-state index contributed by atoms with van der Waals surface area (Å²) >= 11 is 0. The molecule has 0 spiro atoms. The molecule has 0 saturated carbocycles. The number of aliphatic carboxylic acids is 1. The highest BCUT2D eigenvalue weighted by Gasteiger charge is 2.09. The third-order valence-corrected chi connectivity index (χ3v) is 1.33. The number of rotatable bonds is 5. The Morgan fingerprint density at radius 2 is 2.00 bits per heavy atom. The largest absolute Gasteiger partial charge is 0.478 e. The topological polar surface area (TPSA) is 80.7 Å². The summed E-state index contributed by atoms with van der Waals surface area (Å²) in [5.74, 6) is -2.54. The maximum atomic E-state index is 10.9. The smallest absolute Gasteiger partial charge is 0.340 e. The fourth-order valence-corrected chi connectivity index (χ4v) is 0.627.